The predicted molar refractivity (Wildman–Crippen MR) is 45.6 cm³/mol. The summed E-state index contributed by atoms with van der Waals surface area (Å²) in [5, 5.41) is 0.438. The fourth-order valence-corrected chi connectivity index (χ4v) is 0. The Labute approximate surface area is 53.3 Å². The van der Waals surface area contributed by atoms with Gasteiger partial charge in [0.05, 0.1) is 0 Å². The van der Waals surface area contributed by atoms with Crippen molar-refractivity contribution in [3.63, 3.8) is 0 Å². The van der Waals surface area contributed by atoms with Crippen LogP contribution in [-0.4, -0.2) is 24.8 Å². The summed E-state index contributed by atoms with van der Waals surface area (Å²) in [6, 6.07) is 0. The van der Waals surface area contributed by atoms with Crippen molar-refractivity contribution < 1.29 is 0 Å². The summed E-state index contributed by atoms with van der Waals surface area (Å²) in [4.78, 5) is 0. The Morgan fingerprint density at radius 3 is 1.25 bits per heavy atom. The van der Waals surface area contributed by atoms with Gasteiger partial charge in [0, 0.05) is 0 Å². The molecule has 0 aromatic heterocycles. The van der Waals surface area contributed by atoms with Crippen LogP contribution in [0, 0.1) is 0 Å². The molecule has 0 aliphatic rings. The molecule has 0 amide bonds. The second-order valence-electron chi connectivity index (χ2n) is 3.86. The minimum absolute atomic E-state index is 0.438. The molecule has 0 fully saturated rings. The van der Waals surface area contributed by atoms with Gasteiger partial charge in [-0.1, -0.05) is 20.8 Å². The monoisotopic (exact) mass is 132 g/mol. The topological polar surface area (TPSA) is 0 Å². The molecule has 50 valence electrons. The standard InChI is InChI=1S/C7H17P/c1-7(2,3)8(4,5)6/h4H2,1-3,5-6H3. The van der Waals surface area contributed by atoms with Gasteiger partial charge in [-0.2, -0.15) is 0 Å². The largest absolute Gasteiger partial charge is 0.113 e. The fraction of sp³-hybridized carbons (Fsp3) is 0.857. The van der Waals surface area contributed by atoms with Crippen molar-refractivity contribution in [1.29, 1.82) is 0 Å². The predicted octanol–water partition coefficient (Wildman–Crippen LogP) is 2.49. The van der Waals surface area contributed by atoms with Crippen LogP contribution in [0.4, 0.5) is 0 Å². The average Bonchev–Trinajstić information content (AvgIpc) is 1.25. The van der Waals surface area contributed by atoms with Gasteiger partial charge in [-0.25, -0.2) is 0 Å². The van der Waals surface area contributed by atoms with Crippen LogP contribution in [0.15, 0.2) is 0 Å². The Hall–Kier alpha value is 0.300. The Balaban J connectivity index is 4.26. The van der Waals surface area contributed by atoms with Gasteiger partial charge in [0.25, 0.3) is 0 Å². The smallest absolute Gasteiger partial charge is 0.0190 e. The molecule has 0 aromatic carbocycles. The van der Waals surface area contributed by atoms with Gasteiger partial charge in [0.1, 0.15) is 0 Å². The summed E-state index contributed by atoms with van der Waals surface area (Å²) in [5.74, 6) is 0. The molecule has 0 N–H and O–H groups in total. The fourth-order valence-electron chi connectivity index (χ4n) is 0. The maximum atomic E-state index is 4.15. The molecule has 0 spiro atoms. The van der Waals surface area contributed by atoms with Crippen LogP contribution in [0.2, 0.25) is 0 Å². The van der Waals surface area contributed by atoms with E-state index in [4.69, 9.17) is 0 Å². The molecule has 8 heavy (non-hydrogen) atoms. The second-order valence-corrected chi connectivity index (χ2v) is 8.57. The van der Waals surface area contributed by atoms with E-state index in [0.717, 1.165) is 0 Å². The van der Waals surface area contributed by atoms with Crippen LogP contribution in [0.5, 0.6) is 0 Å². The molecule has 0 aliphatic carbocycles. The van der Waals surface area contributed by atoms with E-state index in [1.54, 1.807) is 0 Å². The van der Waals surface area contributed by atoms with E-state index < -0.39 is 6.89 Å². The highest BCUT2D eigenvalue weighted by Gasteiger charge is 2.18. The quantitative estimate of drug-likeness (QED) is 0.444. The van der Waals surface area contributed by atoms with Crippen molar-refractivity contribution in [3.8, 4) is 0 Å². The minimum Gasteiger partial charge on any atom is -0.113 e. The van der Waals surface area contributed by atoms with Gasteiger partial charge in [-0.3, -0.25) is 0 Å². The lowest BCUT2D eigenvalue weighted by Gasteiger charge is -2.29. The van der Waals surface area contributed by atoms with Crippen LogP contribution < -0.4 is 0 Å². The van der Waals surface area contributed by atoms with Crippen LogP contribution in [-0.2, 0) is 0 Å². The first-order chi connectivity index (χ1) is 3.25. The lowest BCUT2D eigenvalue weighted by atomic mass is 10.3. The summed E-state index contributed by atoms with van der Waals surface area (Å²) >= 11 is 0. The summed E-state index contributed by atoms with van der Waals surface area (Å²) in [7, 11) is 0. The van der Waals surface area contributed by atoms with Crippen molar-refractivity contribution in [2.75, 3.05) is 13.3 Å². The van der Waals surface area contributed by atoms with Crippen molar-refractivity contribution >= 4 is 13.2 Å². The molecule has 0 heterocycles. The molecule has 0 rings (SSSR count). The third-order valence-corrected chi connectivity index (χ3v) is 5.45. The van der Waals surface area contributed by atoms with E-state index in [9.17, 15) is 0 Å². The van der Waals surface area contributed by atoms with Gasteiger partial charge in [-0.15, -0.1) is 13.2 Å². The Kier molecular flexibility index (Phi) is 1.99. The SMILES string of the molecule is C=P(C)(C)C(C)(C)C. The van der Waals surface area contributed by atoms with Crippen molar-refractivity contribution in [3.05, 3.63) is 0 Å². The van der Waals surface area contributed by atoms with Gasteiger partial charge in [-0.05, 0) is 18.5 Å². The lowest BCUT2D eigenvalue weighted by molar-refractivity contribution is 0.786. The summed E-state index contributed by atoms with van der Waals surface area (Å²) in [6.45, 7) is 10.5. The zero-order chi connectivity index (χ0) is 7.00. The molecule has 0 nitrogen and oxygen atoms in total. The van der Waals surface area contributed by atoms with Gasteiger partial charge < -0.3 is 0 Å². The Bertz CT molecular complexity index is 111. The van der Waals surface area contributed by atoms with Crippen molar-refractivity contribution in [1.82, 2.24) is 0 Å². The molecular weight excluding hydrogens is 115 g/mol. The molecule has 1 heteroatoms. The Morgan fingerprint density at radius 2 is 1.25 bits per heavy atom. The molecule has 0 atom stereocenters. The van der Waals surface area contributed by atoms with Crippen molar-refractivity contribution in [2.45, 2.75) is 25.9 Å². The van der Waals surface area contributed by atoms with E-state index in [-0.39, 0.29) is 0 Å². The van der Waals surface area contributed by atoms with E-state index >= 15 is 0 Å². The van der Waals surface area contributed by atoms with E-state index in [0.29, 0.717) is 5.16 Å². The lowest BCUT2D eigenvalue weighted by Crippen LogP contribution is -2.12. The average molecular weight is 132 g/mol. The highest BCUT2D eigenvalue weighted by molar-refractivity contribution is 7.73. The molecule has 0 radical (unpaired) electrons. The van der Waals surface area contributed by atoms with Gasteiger partial charge >= 0.3 is 0 Å². The highest BCUT2D eigenvalue weighted by atomic mass is 31.2. The maximum Gasteiger partial charge on any atom is -0.0190 e. The molecule has 0 aliphatic heterocycles. The summed E-state index contributed by atoms with van der Waals surface area (Å²) in [5.41, 5.74) is 0. The summed E-state index contributed by atoms with van der Waals surface area (Å²) < 4.78 is 0. The zero-order valence-electron chi connectivity index (χ0n) is 6.65. The van der Waals surface area contributed by atoms with Crippen molar-refractivity contribution in [2.24, 2.45) is 0 Å². The second kappa shape index (κ2) is 1.92. The molecular formula is C7H17P. The molecule has 0 saturated carbocycles. The molecule has 0 bridgehead atoms. The molecule has 0 aromatic rings. The molecule has 0 unspecified atom stereocenters. The highest BCUT2D eigenvalue weighted by Crippen LogP contribution is 2.49. The normalized spacial score (nSPS) is 14.1. The Morgan fingerprint density at radius 1 is 1.12 bits per heavy atom. The van der Waals surface area contributed by atoms with E-state index in [1.807, 2.05) is 0 Å². The number of hydrogen-bond donors (Lipinski definition) is 0. The van der Waals surface area contributed by atoms with E-state index in [1.165, 1.54) is 0 Å². The third kappa shape index (κ3) is 2.05. The zero-order valence-corrected chi connectivity index (χ0v) is 7.55. The minimum atomic E-state index is -0.850. The number of rotatable bonds is 0. The van der Waals surface area contributed by atoms with Crippen LogP contribution in [0.3, 0.4) is 0 Å². The van der Waals surface area contributed by atoms with Gasteiger partial charge in [0.2, 0.25) is 0 Å². The first kappa shape index (κ1) is 8.30. The molecule has 0 saturated heterocycles. The third-order valence-electron chi connectivity index (χ3n) is 1.82. The van der Waals surface area contributed by atoms with Crippen LogP contribution >= 0.6 is 6.89 Å². The van der Waals surface area contributed by atoms with Crippen LogP contribution in [0.1, 0.15) is 20.8 Å². The first-order valence-electron chi connectivity index (χ1n) is 2.93. The summed E-state index contributed by atoms with van der Waals surface area (Å²) in [6.07, 6.45) is 4.15. The van der Waals surface area contributed by atoms with E-state index in [2.05, 4.69) is 40.4 Å². The first-order valence-corrected chi connectivity index (χ1v) is 5.80. The number of hydrogen-bond acceptors (Lipinski definition) is 0. The van der Waals surface area contributed by atoms with Crippen LogP contribution in [0.25, 0.3) is 0 Å². The van der Waals surface area contributed by atoms with Gasteiger partial charge in [0.15, 0.2) is 0 Å². The maximum absolute atomic E-state index is 4.15.